The van der Waals surface area contributed by atoms with E-state index in [1.807, 2.05) is 18.2 Å². The van der Waals surface area contributed by atoms with E-state index in [0.717, 1.165) is 18.4 Å². The summed E-state index contributed by atoms with van der Waals surface area (Å²) in [5.41, 5.74) is 0.550. The molecule has 0 N–H and O–H groups in total. The lowest BCUT2D eigenvalue weighted by Gasteiger charge is -2.23. The van der Waals surface area contributed by atoms with E-state index in [0.29, 0.717) is 23.6 Å². The molecule has 9 nitrogen and oxygen atoms in total. The fourth-order valence-corrected chi connectivity index (χ4v) is 3.84. The number of hydrogen-bond acceptors (Lipinski definition) is 9. The zero-order chi connectivity index (χ0) is 22.1. The standard InChI is InChI=1S/C22H28N2O7/c1-5-27-20(25)22(3)29-19(24-31-22)21(2)13-16(23-30-21)14-10-11-17(26-4)18(12-14)28-15-8-6-7-9-15/h10-12,15H,5-9,13H2,1-4H3. The van der Waals surface area contributed by atoms with Crippen LogP contribution in [0.1, 0.15) is 58.4 Å². The van der Waals surface area contributed by atoms with Crippen LogP contribution in [0.4, 0.5) is 0 Å². The summed E-state index contributed by atoms with van der Waals surface area (Å²) >= 11 is 0. The summed E-state index contributed by atoms with van der Waals surface area (Å²) in [6.45, 7) is 5.15. The predicted molar refractivity (Wildman–Crippen MR) is 111 cm³/mol. The Kier molecular flexibility index (Phi) is 5.68. The second-order valence-electron chi connectivity index (χ2n) is 8.18. The maximum atomic E-state index is 12.1. The molecule has 3 aliphatic rings. The quantitative estimate of drug-likeness (QED) is 0.608. The summed E-state index contributed by atoms with van der Waals surface area (Å²) in [7, 11) is 1.62. The number of ether oxygens (including phenoxy) is 4. The van der Waals surface area contributed by atoms with E-state index in [9.17, 15) is 4.79 Å². The van der Waals surface area contributed by atoms with Gasteiger partial charge in [-0.3, -0.25) is 0 Å². The lowest BCUT2D eigenvalue weighted by Crippen LogP contribution is -2.44. The Bertz CT molecular complexity index is 909. The molecule has 0 amide bonds. The van der Waals surface area contributed by atoms with Gasteiger partial charge in [0.1, 0.15) is 0 Å². The van der Waals surface area contributed by atoms with Crippen LogP contribution < -0.4 is 9.47 Å². The van der Waals surface area contributed by atoms with Crippen molar-refractivity contribution in [1.29, 1.82) is 0 Å². The van der Waals surface area contributed by atoms with Crippen molar-refractivity contribution in [2.24, 2.45) is 10.3 Å². The molecule has 0 saturated heterocycles. The molecule has 31 heavy (non-hydrogen) atoms. The molecule has 0 spiro atoms. The van der Waals surface area contributed by atoms with Crippen molar-refractivity contribution < 1.29 is 33.4 Å². The Hall–Kier alpha value is -2.97. The fraction of sp³-hybridized carbons (Fsp3) is 0.591. The maximum absolute atomic E-state index is 12.1. The van der Waals surface area contributed by atoms with Gasteiger partial charge in [-0.25, -0.2) is 4.79 Å². The summed E-state index contributed by atoms with van der Waals surface area (Å²) in [5, 5.41) is 8.19. The minimum absolute atomic E-state index is 0.137. The highest BCUT2D eigenvalue weighted by molar-refractivity contribution is 6.06. The fourth-order valence-electron chi connectivity index (χ4n) is 3.84. The van der Waals surface area contributed by atoms with Crippen molar-refractivity contribution in [2.75, 3.05) is 13.7 Å². The monoisotopic (exact) mass is 432 g/mol. The van der Waals surface area contributed by atoms with Crippen LogP contribution >= 0.6 is 0 Å². The van der Waals surface area contributed by atoms with Crippen molar-refractivity contribution >= 4 is 17.6 Å². The molecule has 1 fully saturated rings. The number of carbonyl (C=O) groups excluding carboxylic acids is 1. The number of oxime groups is 2. The van der Waals surface area contributed by atoms with Crippen molar-refractivity contribution in [3.05, 3.63) is 23.8 Å². The minimum Gasteiger partial charge on any atom is -0.493 e. The third-order valence-electron chi connectivity index (χ3n) is 5.65. The van der Waals surface area contributed by atoms with E-state index in [1.165, 1.54) is 19.8 Å². The highest BCUT2D eigenvalue weighted by atomic mass is 16.8. The molecule has 4 rings (SSSR count). The van der Waals surface area contributed by atoms with Crippen LogP contribution in [0.2, 0.25) is 0 Å². The van der Waals surface area contributed by atoms with Gasteiger partial charge in [0, 0.05) is 18.9 Å². The maximum Gasteiger partial charge on any atom is 0.394 e. The molecule has 2 atom stereocenters. The second-order valence-corrected chi connectivity index (χ2v) is 8.18. The first-order valence-corrected chi connectivity index (χ1v) is 10.6. The smallest absolute Gasteiger partial charge is 0.394 e. The SMILES string of the molecule is CCOC(=O)C1(C)ON=C(C2(C)CC(c3ccc(OC)c(OC4CCCC4)c3)=NO2)O1. The second kappa shape index (κ2) is 8.28. The average Bonchev–Trinajstić information content (AvgIpc) is 3.50. The molecule has 0 radical (unpaired) electrons. The third kappa shape index (κ3) is 4.13. The first-order valence-electron chi connectivity index (χ1n) is 10.6. The van der Waals surface area contributed by atoms with Gasteiger partial charge in [-0.05, 0) is 62.9 Å². The molecule has 2 unspecified atom stereocenters. The molecular formula is C22H28N2O7. The minimum atomic E-state index is -1.64. The van der Waals surface area contributed by atoms with Gasteiger partial charge in [0.2, 0.25) is 5.60 Å². The molecule has 0 bridgehead atoms. The van der Waals surface area contributed by atoms with E-state index >= 15 is 0 Å². The van der Waals surface area contributed by atoms with Crippen LogP contribution in [0.5, 0.6) is 11.5 Å². The number of rotatable bonds is 7. The normalized spacial score (nSPS) is 27.6. The summed E-state index contributed by atoms with van der Waals surface area (Å²) in [6, 6.07) is 5.69. The van der Waals surface area contributed by atoms with Crippen LogP contribution in [0.25, 0.3) is 0 Å². The largest absolute Gasteiger partial charge is 0.493 e. The Balaban J connectivity index is 1.47. The van der Waals surface area contributed by atoms with Gasteiger partial charge in [-0.1, -0.05) is 5.16 Å². The number of methoxy groups -OCH3 is 1. The van der Waals surface area contributed by atoms with Gasteiger partial charge in [-0.2, -0.15) is 0 Å². The molecule has 1 saturated carbocycles. The topological polar surface area (TPSA) is 97.2 Å². The molecule has 0 aromatic heterocycles. The van der Waals surface area contributed by atoms with Crippen LogP contribution in [-0.4, -0.2) is 48.8 Å². The Morgan fingerprint density at radius 3 is 2.65 bits per heavy atom. The lowest BCUT2D eigenvalue weighted by molar-refractivity contribution is -0.202. The zero-order valence-corrected chi connectivity index (χ0v) is 18.3. The van der Waals surface area contributed by atoms with E-state index in [1.54, 1.807) is 21.0 Å². The van der Waals surface area contributed by atoms with Crippen molar-refractivity contribution in [2.45, 2.75) is 70.4 Å². The molecule has 168 valence electrons. The van der Waals surface area contributed by atoms with Crippen LogP contribution in [-0.2, 0) is 23.9 Å². The zero-order valence-electron chi connectivity index (χ0n) is 18.3. The molecule has 1 aromatic rings. The first-order chi connectivity index (χ1) is 14.9. The number of hydrogen-bond donors (Lipinski definition) is 0. The van der Waals surface area contributed by atoms with Gasteiger partial charge in [0.25, 0.3) is 5.90 Å². The van der Waals surface area contributed by atoms with Gasteiger partial charge in [0.15, 0.2) is 11.5 Å². The Labute approximate surface area is 181 Å². The molecule has 2 aliphatic heterocycles. The van der Waals surface area contributed by atoms with Crippen molar-refractivity contribution in [3.8, 4) is 11.5 Å². The van der Waals surface area contributed by atoms with Crippen LogP contribution in [0, 0.1) is 0 Å². The van der Waals surface area contributed by atoms with Crippen LogP contribution in [0.15, 0.2) is 28.5 Å². The lowest BCUT2D eigenvalue weighted by atomic mass is 9.95. The van der Waals surface area contributed by atoms with Gasteiger partial charge in [-0.15, -0.1) is 0 Å². The van der Waals surface area contributed by atoms with Crippen LogP contribution in [0.3, 0.4) is 0 Å². The van der Waals surface area contributed by atoms with Gasteiger partial charge >= 0.3 is 11.8 Å². The molecule has 1 aromatic carbocycles. The summed E-state index contributed by atoms with van der Waals surface area (Å²) in [6.07, 6.45) is 5.04. The van der Waals surface area contributed by atoms with Gasteiger partial charge in [0.05, 0.1) is 25.5 Å². The van der Waals surface area contributed by atoms with Crippen molar-refractivity contribution in [1.82, 2.24) is 0 Å². The number of nitrogens with zero attached hydrogens (tertiary/aromatic N) is 2. The first kappa shape index (κ1) is 21.3. The van der Waals surface area contributed by atoms with E-state index in [-0.39, 0.29) is 18.6 Å². The molecule has 2 heterocycles. The average molecular weight is 432 g/mol. The van der Waals surface area contributed by atoms with E-state index in [4.69, 9.17) is 28.6 Å². The number of benzene rings is 1. The van der Waals surface area contributed by atoms with E-state index < -0.39 is 17.4 Å². The summed E-state index contributed by atoms with van der Waals surface area (Å²) in [5.74, 6) is -0.780. The highest BCUT2D eigenvalue weighted by Crippen LogP contribution is 2.37. The number of carbonyl (C=O) groups is 1. The third-order valence-corrected chi connectivity index (χ3v) is 5.65. The molecular weight excluding hydrogens is 404 g/mol. The Morgan fingerprint density at radius 1 is 1.16 bits per heavy atom. The molecule has 9 heteroatoms. The van der Waals surface area contributed by atoms with Crippen molar-refractivity contribution in [3.63, 3.8) is 0 Å². The van der Waals surface area contributed by atoms with E-state index in [2.05, 4.69) is 10.3 Å². The summed E-state index contributed by atoms with van der Waals surface area (Å²) in [4.78, 5) is 23.0. The summed E-state index contributed by atoms with van der Waals surface area (Å²) < 4.78 is 22.3. The Morgan fingerprint density at radius 2 is 1.94 bits per heavy atom. The highest BCUT2D eigenvalue weighted by Gasteiger charge is 2.53. The molecule has 1 aliphatic carbocycles. The van der Waals surface area contributed by atoms with Gasteiger partial charge < -0.3 is 28.6 Å². The predicted octanol–water partition coefficient (Wildman–Crippen LogP) is 3.54. The number of esters is 1.